The molecule has 1 fully saturated rings. The molecule has 166 valence electrons. The third kappa shape index (κ3) is 4.66. The number of amides is 2. The number of fused-ring (bicyclic) bond motifs is 1. The van der Waals surface area contributed by atoms with Gasteiger partial charge in [-0.05, 0) is 53.8 Å². The number of anilines is 1. The fourth-order valence-corrected chi connectivity index (χ4v) is 4.57. The number of hydrogen-bond donors (Lipinski definition) is 2. The van der Waals surface area contributed by atoms with Crippen LogP contribution in [0.25, 0.3) is 0 Å². The molecule has 7 heteroatoms. The summed E-state index contributed by atoms with van der Waals surface area (Å²) in [6.45, 7) is 0.411. The van der Waals surface area contributed by atoms with Gasteiger partial charge in [0.05, 0.1) is 24.6 Å². The highest BCUT2D eigenvalue weighted by Crippen LogP contribution is 2.28. The molecule has 2 aliphatic rings. The summed E-state index contributed by atoms with van der Waals surface area (Å²) in [7, 11) is 0. The standard InChI is InChI=1S/C25H27FN4O2/c26-20-6-8-22(9-7-20)30-16-18-5-4-17(12-19(18)14-23(30)31)13-21(15-27)29-24(32)25(28)10-2-1-3-11-25/h4-9,12,21H,1-3,10-11,13-14,16,28H2,(H,29,32). The van der Waals surface area contributed by atoms with E-state index in [2.05, 4.69) is 11.4 Å². The first-order chi connectivity index (χ1) is 15.4. The van der Waals surface area contributed by atoms with Gasteiger partial charge in [0.15, 0.2) is 0 Å². The van der Waals surface area contributed by atoms with E-state index in [9.17, 15) is 19.2 Å². The first-order valence-electron chi connectivity index (χ1n) is 11.0. The topological polar surface area (TPSA) is 99.2 Å². The molecule has 0 spiro atoms. The highest BCUT2D eigenvalue weighted by Gasteiger charge is 2.36. The van der Waals surface area contributed by atoms with Crippen molar-refractivity contribution in [2.75, 3.05) is 4.90 Å². The Morgan fingerprint density at radius 3 is 2.56 bits per heavy atom. The van der Waals surface area contributed by atoms with Crippen LogP contribution in [0.4, 0.5) is 10.1 Å². The van der Waals surface area contributed by atoms with Crippen LogP contribution < -0.4 is 16.0 Å². The predicted octanol–water partition coefficient (Wildman–Crippen LogP) is 3.13. The molecule has 32 heavy (non-hydrogen) atoms. The van der Waals surface area contributed by atoms with Crippen LogP contribution >= 0.6 is 0 Å². The fraction of sp³-hybridized carbons (Fsp3) is 0.400. The van der Waals surface area contributed by atoms with Crippen molar-refractivity contribution < 1.29 is 14.0 Å². The van der Waals surface area contributed by atoms with Crippen LogP contribution in [-0.2, 0) is 29.0 Å². The number of nitriles is 1. The highest BCUT2D eigenvalue weighted by atomic mass is 19.1. The van der Waals surface area contributed by atoms with Gasteiger partial charge in [0.1, 0.15) is 11.9 Å². The summed E-state index contributed by atoms with van der Waals surface area (Å²) in [6, 6.07) is 13.2. The van der Waals surface area contributed by atoms with Gasteiger partial charge in [0.25, 0.3) is 0 Å². The van der Waals surface area contributed by atoms with Crippen molar-refractivity contribution in [2.45, 2.75) is 63.1 Å². The van der Waals surface area contributed by atoms with E-state index >= 15 is 0 Å². The molecule has 3 N–H and O–H groups in total. The second-order valence-electron chi connectivity index (χ2n) is 8.81. The van der Waals surface area contributed by atoms with Crippen molar-refractivity contribution in [3.05, 3.63) is 65.0 Å². The number of hydrogen-bond acceptors (Lipinski definition) is 4. The Morgan fingerprint density at radius 2 is 1.88 bits per heavy atom. The van der Waals surface area contributed by atoms with Gasteiger partial charge < -0.3 is 16.0 Å². The van der Waals surface area contributed by atoms with Crippen LogP contribution in [-0.4, -0.2) is 23.4 Å². The van der Waals surface area contributed by atoms with Crippen molar-refractivity contribution in [2.24, 2.45) is 5.73 Å². The summed E-state index contributed by atoms with van der Waals surface area (Å²) in [4.78, 5) is 27.0. The van der Waals surface area contributed by atoms with Gasteiger partial charge in [-0.25, -0.2) is 4.39 Å². The molecule has 1 saturated carbocycles. The van der Waals surface area contributed by atoms with Gasteiger partial charge in [-0.1, -0.05) is 37.5 Å². The summed E-state index contributed by atoms with van der Waals surface area (Å²) in [5, 5.41) is 12.4. The Hall–Kier alpha value is -3.24. The SMILES string of the molecule is N#CC(Cc1ccc2c(c1)CC(=O)N(c1ccc(F)cc1)C2)NC(=O)C1(N)CCCCC1. The second kappa shape index (κ2) is 9.09. The van der Waals surface area contributed by atoms with E-state index < -0.39 is 11.6 Å². The quantitative estimate of drug-likeness (QED) is 0.755. The van der Waals surface area contributed by atoms with Crippen molar-refractivity contribution in [1.82, 2.24) is 5.32 Å². The maximum atomic E-state index is 13.2. The summed E-state index contributed by atoms with van der Waals surface area (Å²) in [5.74, 6) is -0.660. The molecule has 1 unspecified atom stereocenters. The van der Waals surface area contributed by atoms with Gasteiger partial charge in [0, 0.05) is 12.1 Å². The molecular weight excluding hydrogens is 407 g/mol. The van der Waals surface area contributed by atoms with Crippen molar-refractivity contribution in [3.63, 3.8) is 0 Å². The smallest absolute Gasteiger partial charge is 0.241 e. The molecule has 6 nitrogen and oxygen atoms in total. The average Bonchev–Trinajstić information content (AvgIpc) is 2.79. The number of carbonyl (C=O) groups excluding carboxylic acids is 2. The number of halogens is 1. The summed E-state index contributed by atoms with van der Waals surface area (Å²) in [6.07, 6.45) is 4.80. The van der Waals surface area contributed by atoms with Crippen LogP contribution in [0.15, 0.2) is 42.5 Å². The number of nitrogens with one attached hydrogen (secondary N) is 1. The van der Waals surface area contributed by atoms with E-state index in [1.54, 1.807) is 17.0 Å². The number of carbonyl (C=O) groups is 2. The Balaban J connectivity index is 1.44. The second-order valence-corrected chi connectivity index (χ2v) is 8.81. The van der Waals surface area contributed by atoms with Crippen molar-refractivity contribution in [1.29, 1.82) is 5.26 Å². The van der Waals surface area contributed by atoms with E-state index in [1.807, 2.05) is 18.2 Å². The summed E-state index contributed by atoms with van der Waals surface area (Å²) >= 11 is 0. The lowest BCUT2D eigenvalue weighted by atomic mass is 9.81. The third-order valence-corrected chi connectivity index (χ3v) is 6.48. The van der Waals surface area contributed by atoms with Gasteiger partial charge >= 0.3 is 0 Å². The molecule has 0 saturated heterocycles. The van der Waals surface area contributed by atoms with Gasteiger partial charge in [-0.15, -0.1) is 0 Å². The third-order valence-electron chi connectivity index (χ3n) is 6.48. The lowest BCUT2D eigenvalue weighted by Gasteiger charge is -2.32. The molecule has 0 bridgehead atoms. The molecule has 1 atom stereocenters. The Bertz CT molecular complexity index is 1050. The molecule has 4 rings (SSSR count). The number of benzene rings is 2. The highest BCUT2D eigenvalue weighted by molar-refractivity contribution is 5.96. The average molecular weight is 435 g/mol. The minimum atomic E-state index is -0.889. The Labute approximate surface area is 187 Å². The van der Waals surface area contributed by atoms with Crippen LogP contribution in [0.5, 0.6) is 0 Å². The largest absolute Gasteiger partial charge is 0.338 e. The molecular formula is C25H27FN4O2. The first-order valence-corrected chi connectivity index (χ1v) is 11.0. The summed E-state index contributed by atoms with van der Waals surface area (Å²) in [5.41, 5.74) is 8.87. The fourth-order valence-electron chi connectivity index (χ4n) is 4.57. The Morgan fingerprint density at radius 1 is 1.16 bits per heavy atom. The van der Waals surface area contributed by atoms with Crippen LogP contribution in [0, 0.1) is 17.1 Å². The van der Waals surface area contributed by atoms with E-state index in [-0.39, 0.29) is 24.1 Å². The van der Waals surface area contributed by atoms with Crippen LogP contribution in [0.2, 0.25) is 0 Å². The minimum absolute atomic E-state index is 0.0613. The number of rotatable bonds is 5. The van der Waals surface area contributed by atoms with Gasteiger partial charge in [0.2, 0.25) is 11.8 Å². The normalized spacial score (nSPS) is 18.4. The maximum Gasteiger partial charge on any atom is 0.241 e. The number of nitrogens with zero attached hydrogens (tertiary/aromatic N) is 2. The van der Waals surface area contributed by atoms with Crippen molar-refractivity contribution >= 4 is 17.5 Å². The minimum Gasteiger partial charge on any atom is -0.338 e. The van der Waals surface area contributed by atoms with Gasteiger partial charge in [-0.3, -0.25) is 9.59 Å². The monoisotopic (exact) mass is 434 g/mol. The van der Waals surface area contributed by atoms with E-state index in [0.717, 1.165) is 36.0 Å². The number of nitrogens with two attached hydrogens (primary N) is 1. The van der Waals surface area contributed by atoms with Gasteiger partial charge in [-0.2, -0.15) is 5.26 Å². The molecule has 0 aromatic heterocycles. The lowest BCUT2D eigenvalue weighted by Crippen LogP contribution is -2.57. The van der Waals surface area contributed by atoms with E-state index in [4.69, 9.17) is 5.73 Å². The van der Waals surface area contributed by atoms with Crippen LogP contribution in [0.3, 0.4) is 0 Å². The zero-order valence-electron chi connectivity index (χ0n) is 17.9. The first kappa shape index (κ1) is 22.0. The van der Waals surface area contributed by atoms with Crippen LogP contribution in [0.1, 0.15) is 48.8 Å². The molecule has 1 aliphatic heterocycles. The zero-order chi connectivity index (χ0) is 22.7. The lowest BCUT2D eigenvalue weighted by molar-refractivity contribution is -0.127. The molecule has 2 aromatic rings. The van der Waals surface area contributed by atoms with E-state index in [1.165, 1.54) is 12.1 Å². The molecule has 0 radical (unpaired) electrons. The van der Waals surface area contributed by atoms with Crippen molar-refractivity contribution in [3.8, 4) is 6.07 Å². The Kier molecular flexibility index (Phi) is 6.24. The maximum absolute atomic E-state index is 13.2. The summed E-state index contributed by atoms with van der Waals surface area (Å²) < 4.78 is 13.2. The zero-order valence-corrected chi connectivity index (χ0v) is 17.9. The predicted molar refractivity (Wildman–Crippen MR) is 119 cm³/mol. The molecule has 1 aliphatic carbocycles. The molecule has 1 heterocycles. The molecule has 2 amide bonds. The van der Waals surface area contributed by atoms with E-state index in [0.29, 0.717) is 31.5 Å². The molecule has 2 aromatic carbocycles.